The maximum atomic E-state index is 5.14. The van der Waals surface area contributed by atoms with Crippen molar-refractivity contribution in [1.82, 2.24) is 4.98 Å². The molecule has 0 saturated carbocycles. The van der Waals surface area contributed by atoms with Gasteiger partial charge < -0.3 is 24.8 Å². The summed E-state index contributed by atoms with van der Waals surface area (Å²) in [6, 6.07) is 18.4. The average molecular weight is 579 g/mol. The summed E-state index contributed by atoms with van der Waals surface area (Å²) in [5.74, 6) is 0.696. The second-order valence-electron chi connectivity index (χ2n) is 9.12. The van der Waals surface area contributed by atoms with Crippen LogP contribution in [0.25, 0.3) is 12.2 Å². The van der Waals surface area contributed by atoms with E-state index in [2.05, 4.69) is 53.0 Å². The molecule has 0 amide bonds. The van der Waals surface area contributed by atoms with Crippen molar-refractivity contribution < 1.29 is 41.6 Å². The van der Waals surface area contributed by atoms with Gasteiger partial charge in [0, 0.05) is 0 Å². The zero-order chi connectivity index (χ0) is 24.8. The average Bonchev–Trinajstić information content (AvgIpc) is 2.83. The standard InChI is InChI=1S/C31H35N3.2ClH.Co/c1-9-24-13-11-14-26(19-24)32-22(7)28-15-12-16-29(34-28)23(8)33-31-27(20(3)4)18-17-25(10-2)30(31)21(5)6;;;/h9-21H,1-2H2,3-8H3;2*1H;/q;;;+2/p-2/b32-22+,33-23+;;;. The fourth-order valence-corrected chi connectivity index (χ4v) is 4.05. The van der Waals surface area contributed by atoms with Crippen LogP contribution in [0.5, 0.6) is 0 Å². The molecule has 0 atom stereocenters. The fraction of sp³-hybridized carbons (Fsp3) is 0.258. The van der Waals surface area contributed by atoms with Gasteiger partial charge in [-0.15, -0.1) is 0 Å². The Bertz CT molecular complexity index is 1280. The van der Waals surface area contributed by atoms with E-state index in [9.17, 15) is 0 Å². The van der Waals surface area contributed by atoms with Crippen LogP contribution in [-0.4, -0.2) is 16.4 Å². The number of benzene rings is 2. The van der Waals surface area contributed by atoms with E-state index in [-0.39, 0.29) is 41.6 Å². The second kappa shape index (κ2) is 15.7. The first-order chi connectivity index (χ1) is 16.2. The Hall–Kier alpha value is -2.50. The monoisotopic (exact) mass is 578 g/mol. The predicted octanol–water partition coefficient (Wildman–Crippen LogP) is 2.90. The van der Waals surface area contributed by atoms with E-state index >= 15 is 0 Å². The normalized spacial score (nSPS) is 11.4. The Morgan fingerprint density at radius 1 is 0.784 bits per heavy atom. The van der Waals surface area contributed by atoms with Gasteiger partial charge in [0.15, 0.2) is 0 Å². The number of aromatic nitrogens is 1. The molecule has 1 aromatic heterocycles. The van der Waals surface area contributed by atoms with Crippen molar-refractivity contribution in [1.29, 1.82) is 0 Å². The Morgan fingerprint density at radius 2 is 1.38 bits per heavy atom. The quantitative estimate of drug-likeness (QED) is 0.379. The van der Waals surface area contributed by atoms with Gasteiger partial charge in [-0.05, 0) is 72.2 Å². The Balaban J connectivity index is 0.00000432. The third-order valence-corrected chi connectivity index (χ3v) is 5.87. The minimum atomic E-state index is 0. The van der Waals surface area contributed by atoms with Crippen LogP contribution in [0.1, 0.15) is 87.0 Å². The SMILES string of the molecule is C=Cc1cccc(/N=C(\C)c2cccc(/C(C)=N/c3c(C(C)C)ccc(C=C)c3C(C)C)n2)c1.[Cl-].[Cl-].[Co+2]. The second-order valence-corrected chi connectivity index (χ2v) is 9.12. The number of pyridine rings is 1. The van der Waals surface area contributed by atoms with Gasteiger partial charge in [-0.1, -0.05) is 83.3 Å². The molecule has 3 rings (SSSR count). The summed E-state index contributed by atoms with van der Waals surface area (Å²) in [6.45, 7) is 20.7. The summed E-state index contributed by atoms with van der Waals surface area (Å²) in [7, 11) is 0. The van der Waals surface area contributed by atoms with Crippen LogP contribution in [0.15, 0.2) is 77.7 Å². The van der Waals surface area contributed by atoms with Crippen molar-refractivity contribution >= 4 is 35.0 Å². The summed E-state index contributed by atoms with van der Waals surface area (Å²) >= 11 is 0. The fourth-order valence-electron chi connectivity index (χ4n) is 4.05. The predicted molar refractivity (Wildman–Crippen MR) is 149 cm³/mol. The summed E-state index contributed by atoms with van der Waals surface area (Å²) in [5, 5.41) is 0. The number of hydrogen-bond donors (Lipinski definition) is 0. The van der Waals surface area contributed by atoms with Crippen LogP contribution in [0, 0.1) is 0 Å². The van der Waals surface area contributed by atoms with E-state index in [1.807, 2.05) is 68.5 Å². The largest absolute Gasteiger partial charge is 2.00 e. The van der Waals surface area contributed by atoms with E-state index in [0.717, 1.165) is 45.3 Å². The van der Waals surface area contributed by atoms with Gasteiger partial charge in [-0.25, -0.2) is 4.98 Å². The molecule has 0 aliphatic rings. The topological polar surface area (TPSA) is 37.6 Å². The number of halogens is 2. The van der Waals surface area contributed by atoms with Crippen molar-refractivity contribution in [2.75, 3.05) is 0 Å². The van der Waals surface area contributed by atoms with Gasteiger partial charge in [0.2, 0.25) is 0 Å². The molecule has 3 aromatic rings. The summed E-state index contributed by atoms with van der Waals surface area (Å²) in [5.41, 5.74) is 10.0. The molecule has 37 heavy (non-hydrogen) atoms. The van der Waals surface area contributed by atoms with Crippen molar-refractivity contribution in [3.05, 3.63) is 101 Å². The molecule has 3 nitrogen and oxygen atoms in total. The maximum absolute atomic E-state index is 5.14. The van der Waals surface area contributed by atoms with E-state index < -0.39 is 0 Å². The van der Waals surface area contributed by atoms with Crippen molar-refractivity contribution in [2.24, 2.45) is 9.98 Å². The molecule has 0 aliphatic carbocycles. The zero-order valence-corrected chi connectivity index (χ0v) is 24.9. The first kappa shape index (κ1) is 34.5. The van der Waals surface area contributed by atoms with Crippen LogP contribution >= 0.6 is 0 Å². The van der Waals surface area contributed by atoms with Crippen molar-refractivity contribution in [3.8, 4) is 0 Å². The number of aliphatic imine (C=N–C) groups is 2. The molecule has 0 saturated heterocycles. The molecule has 0 bridgehead atoms. The third-order valence-electron chi connectivity index (χ3n) is 5.87. The Labute approximate surface area is 245 Å². The Morgan fingerprint density at radius 3 is 1.92 bits per heavy atom. The molecule has 0 fully saturated rings. The number of rotatable bonds is 8. The molecule has 1 radical (unpaired) electrons. The number of hydrogen-bond acceptors (Lipinski definition) is 3. The first-order valence-corrected chi connectivity index (χ1v) is 11.8. The molecule has 6 heteroatoms. The van der Waals surface area contributed by atoms with Crippen LogP contribution in [-0.2, 0) is 16.8 Å². The summed E-state index contributed by atoms with van der Waals surface area (Å²) in [4.78, 5) is 14.8. The van der Waals surface area contributed by atoms with Gasteiger partial charge in [-0.3, -0.25) is 9.98 Å². The van der Waals surface area contributed by atoms with Crippen LogP contribution < -0.4 is 24.8 Å². The number of nitrogens with zero attached hydrogens (tertiary/aromatic N) is 3. The summed E-state index contributed by atoms with van der Waals surface area (Å²) in [6.07, 6.45) is 3.75. The Kier molecular flexibility index (Phi) is 14.6. The minimum absolute atomic E-state index is 0. The molecule has 1 heterocycles. The molecule has 2 aromatic carbocycles. The molecule has 0 unspecified atom stereocenters. The molecular formula is C31H35Cl2CoN3. The van der Waals surface area contributed by atoms with Gasteiger partial charge >= 0.3 is 16.8 Å². The molecule has 0 spiro atoms. The van der Waals surface area contributed by atoms with E-state index in [4.69, 9.17) is 15.0 Å². The smallest absolute Gasteiger partial charge is 1.00 e. The van der Waals surface area contributed by atoms with E-state index in [1.165, 1.54) is 11.1 Å². The van der Waals surface area contributed by atoms with Crippen LogP contribution in [0.3, 0.4) is 0 Å². The first-order valence-electron chi connectivity index (χ1n) is 11.8. The van der Waals surface area contributed by atoms with Gasteiger partial charge in [0.25, 0.3) is 0 Å². The van der Waals surface area contributed by atoms with Gasteiger partial charge in [-0.2, -0.15) is 0 Å². The van der Waals surface area contributed by atoms with Gasteiger partial charge in [0.05, 0.1) is 34.2 Å². The third kappa shape index (κ3) is 8.51. The summed E-state index contributed by atoms with van der Waals surface area (Å²) < 4.78 is 0. The van der Waals surface area contributed by atoms with Crippen LogP contribution in [0.4, 0.5) is 11.4 Å². The molecule has 197 valence electrons. The minimum Gasteiger partial charge on any atom is -1.00 e. The zero-order valence-electron chi connectivity index (χ0n) is 22.4. The van der Waals surface area contributed by atoms with Crippen molar-refractivity contribution in [3.63, 3.8) is 0 Å². The van der Waals surface area contributed by atoms with Crippen molar-refractivity contribution in [2.45, 2.75) is 53.4 Å². The molecule has 0 aliphatic heterocycles. The molecule has 0 N–H and O–H groups in total. The van der Waals surface area contributed by atoms with Gasteiger partial charge in [0.1, 0.15) is 0 Å². The maximum Gasteiger partial charge on any atom is 2.00 e. The molecular weight excluding hydrogens is 544 g/mol. The van der Waals surface area contributed by atoms with Crippen LogP contribution in [0.2, 0.25) is 0 Å². The van der Waals surface area contributed by atoms with E-state index in [0.29, 0.717) is 11.8 Å². The van der Waals surface area contributed by atoms with E-state index in [1.54, 1.807) is 0 Å².